The number of carbonyl (C=O) groups is 1. The molecule has 0 atom stereocenters. The molecule has 1 amide bonds. The Bertz CT molecular complexity index is 409. The lowest BCUT2D eigenvalue weighted by Crippen LogP contribution is -2.44. The van der Waals surface area contributed by atoms with Crippen molar-refractivity contribution in [1.29, 1.82) is 0 Å². The minimum absolute atomic E-state index is 0.0172. The van der Waals surface area contributed by atoms with Crippen LogP contribution in [0.5, 0.6) is 0 Å². The molecule has 0 N–H and O–H groups in total. The van der Waals surface area contributed by atoms with Crippen LogP contribution in [-0.4, -0.2) is 55.5 Å². The van der Waals surface area contributed by atoms with Crippen LogP contribution in [0.1, 0.15) is 32.6 Å². The lowest BCUT2D eigenvalue weighted by molar-refractivity contribution is -0.137. The summed E-state index contributed by atoms with van der Waals surface area (Å²) >= 11 is 0. The monoisotopic (exact) mass is 274 g/mol. The van der Waals surface area contributed by atoms with Crippen LogP contribution in [0.4, 0.5) is 0 Å². The Labute approximate surface area is 109 Å². The van der Waals surface area contributed by atoms with Gasteiger partial charge < -0.3 is 4.90 Å². The molecule has 5 nitrogen and oxygen atoms in total. The maximum Gasteiger partial charge on any atom is 0.226 e. The van der Waals surface area contributed by atoms with E-state index in [-0.39, 0.29) is 11.8 Å². The van der Waals surface area contributed by atoms with E-state index in [0.29, 0.717) is 32.0 Å². The smallest absolute Gasteiger partial charge is 0.226 e. The Morgan fingerprint density at radius 3 is 2.17 bits per heavy atom. The predicted octanol–water partition coefficient (Wildman–Crippen LogP) is 0.669. The van der Waals surface area contributed by atoms with Crippen molar-refractivity contribution >= 4 is 15.9 Å². The Morgan fingerprint density at radius 2 is 1.78 bits per heavy atom. The summed E-state index contributed by atoms with van der Waals surface area (Å²) in [5.41, 5.74) is 0. The lowest BCUT2D eigenvalue weighted by atomic mass is 9.96. The Kier molecular flexibility index (Phi) is 3.96. The first kappa shape index (κ1) is 13.8. The first-order valence-corrected chi connectivity index (χ1v) is 8.54. The molecular formula is C12H22N2O3S. The van der Waals surface area contributed by atoms with E-state index in [4.69, 9.17) is 0 Å². The Hall–Kier alpha value is -0.620. The molecule has 2 fully saturated rings. The molecule has 0 spiro atoms. The summed E-state index contributed by atoms with van der Waals surface area (Å²) in [5, 5.41) is 0. The summed E-state index contributed by atoms with van der Waals surface area (Å²) in [4.78, 5) is 14.3. The highest BCUT2D eigenvalue weighted by atomic mass is 32.2. The fraction of sp³-hybridized carbons (Fsp3) is 0.917. The summed E-state index contributed by atoms with van der Waals surface area (Å²) < 4.78 is 24.3. The number of rotatable bonds is 4. The average molecular weight is 274 g/mol. The molecule has 1 aliphatic heterocycles. The van der Waals surface area contributed by atoms with Crippen molar-refractivity contribution < 1.29 is 13.2 Å². The molecule has 0 aromatic carbocycles. The highest BCUT2D eigenvalue weighted by molar-refractivity contribution is 7.88. The fourth-order valence-corrected chi connectivity index (χ4v) is 3.52. The van der Waals surface area contributed by atoms with E-state index in [1.54, 1.807) is 0 Å². The van der Waals surface area contributed by atoms with Gasteiger partial charge in [0.25, 0.3) is 0 Å². The third-order valence-corrected chi connectivity index (χ3v) is 5.19. The number of carbonyl (C=O) groups excluding carboxylic acids is 1. The number of piperidine rings is 1. The van der Waals surface area contributed by atoms with Crippen molar-refractivity contribution in [2.45, 2.75) is 38.6 Å². The van der Waals surface area contributed by atoms with Gasteiger partial charge in [0, 0.05) is 31.6 Å². The van der Waals surface area contributed by atoms with Gasteiger partial charge in [0.15, 0.2) is 0 Å². The van der Waals surface area contributed by atoms with Crippen LogP contribution < -0.4 is 0 Å². The maximum absolute atomic E-state index is 12.3. The molecule has 0 aromatic heterocycles. The van der Waals surface area contributed by atoms with Crippen LogP contribution >= 0.6 is 0 Å². The molecule has 1 aliphatic carbocycles. The van der Waals surface area contributed by atoms with Gasteiger partial charge in [-0.25, -0.2) is 12.7 Å². The van der Waals surface area contributed by atoms with Gasteiger partial charge in [-0.05, 0) is 32.6 Å². The summed E-state index contributed by atoms with van der Waals surface area (Å²) in [5.74, 6) is 0.247. The molecule has 6 heteroatoms. The molecule has 2 aliphatic rings. The standard InChI is InChI=1S/C12H22N2O3S/c1-3-14(11-4-5-11)12(15)10-6-8-13(9-7-10)18(2,16)17/h10-11H,3-9H2,1-2H3. The van der Waals surface area contributed by atoms with Gasteiger partial charge in [-0.15, -0.1) is 0 Å². The molecule has 1 saturated heterocycles. The first-order valence-electron chi connectivity index (χ1n) is 6.69. The van der Waals surface area contributed by atoms with Crippen molar-refractivity contribution in [3.05, 3.63) is 0 Å². The molecular weight excluding hydrogens is 252 g/mol. The van der Waals surface area contributed by atoms with Crippen LogP contribution in [0.15, 0.2) is 0 Å². The minimum Gasteiger partial charge on any atom is -0.340 e. The minimum atomic E-state index is -3.10. The average Bonchev–Trinajstić information content (AvgIpc) is 3.13. The zero-order chi connectivity index (χ0) is 13.3. The van der Waals surface area contributed by atoms with Crippen molar-refractivity contribution in [2.24, 2.45) is 5.92 Å². The van der Waals surface area contributed by atoms with Gasteiger partial charge >= 0.3 is 0 Å². The van der Waals surface area contributed by atoms with Crippen LogP contribution in [0, 0.1) is 5.92 Å². The van der Waals surface area contributed by atoms with E-state index in [0.717, 1.165) is 19.4 Å². The summed E-state index contributed by atoms with van der Waals surface area (Å²) in [7, 11) is -3.10. The summed E-state index contributed by atoms with van der Waals surface area (Å²) in [6.45, 7) is 3.76. The van der Waals surface area contributed by atoms with Gasteiger partial charge in [-0.1, -0.05) is 0 Å². The second-order valence-electron chi connectivity index (χ2n) is 5.29. The first-order chi connectivity index (χ1) is 8.43. The zero-order valence-corrected chi connectivity index (χ0v) is 11.9. The summed E-state index contributed by atoms with van der Waals surface area (Å²) in [6.07, 6.45) is 4.81. The van der Waals surface area contributed by atoms with Crippen molar-refractivity contribution in [3.8, 4) is 0 Å². The normalized spacial score (nSPS) is 23.0. The largest absolute Gasteiger partial charge is 0.340 e. The lowest BCUT2D eigenvalue weighted by Gasteiger charge is -2.32. The van der Waals surface area contributed by atoms with Crippen LogP contribution in [0.2, 0.25) is 0 Å². The second kappa shape index (κ2) is 5.17. The molecule has 1 saturated carbocycles. The summed E-state index contributed by atoms with van der Waals surface area (Å²) in [6, 6.07) is 0.454. The van der Waals surface area contributed by atoms with Gasteiger partial charge in [0.1, 0.15) is 0 Å². The fourth-order valence-electron chi connectivity index (χ4n) is 2.65. The highest BCUT2D eigenvalue weighted by Crippen LogP contribution is 2.30. The molecule has 1 heterocycles. The second-order valence-corrected chi connectivity index (χ2v) is 7.27. The molecule has 0 aromatic rings. The molecule has 2 rings (SSSR count). The SMILES string of the molecule is CCN(C(=O)C1CCN(S(C)(=O)=O)CC1)C1CC1. The Morgan fingerprint density at radius 1 is 1.22 bits per heavy atom. The van der Waals surface area contributed by atoms with Gasteiger partial charge in [-0.2, -0.15) is 0 Å². The highest BCUT2D eigenvalue weighted by Gasteiger charge is 2.36. The quantitative estimate of drug-likeness (QED) is 0.757. The number of sulfonamides is 1. The van der Waals surface area contributed by atoms with E-state index < -0.39 is 10.0 Å². The van der Waals surface area contributed by atoms with Crippen molar-refractivity contribution in [3.63, 3.8) is 0 Å². The molecule has 0 radical (unpaired) electrons. The zero-order valence-electron chi connectivity index (χ0n) is 11.1. The van der Waals surface area contributed by atoms with Gasteiger partial charge in [0.05, 0.1) is 6.26 Å². The van der Waals surface area contributed by atoms with E-state index in [9.17, 15) is 13.2 Å². The Balaban J connectivity index is 1.91. The number of nitrogens with zero attached hydrogens (tertiary/aromatic N) is 2. The molecule has 0 bridgehead atoms. The van der Waals surface area contributed by atoms with E-state index in [2.05, 4.69) is 0 Å². The maximum atomic E-state index is 12.3. The topological polar surface area (TPSA) is 57.7 Å². The number of amides is 1. The molecule has 0 unspecified atom stereocenters. The van der Waals surface area contributed by atoms with Crippen molar-refractivity contribution in [1.82, 2.24) is 9.21 Å². The van der Waals surface area contributed by atoms with E-state index in [1.165, 1.54) is 10.6 Å². The van der Waals surface area contributed by atoms with E-state index >= 15 is 0 Å². The number of hydrogen-bond donors (Lipinski definition) is 0. The third kappa shape index (κ3) is 3.03. The van der Waals surface area contributed by atoms with Gasteiger partial charge in [-0.3, -0.25) is 4.79 Å². The molecule has 18 heavy (non-hydrogen) atoms. The van der Waals surface area contributed by atoms with Crippen LogP contribution in [0.25, 0.3) is 0 Å². The molecule has 104 valence electrons. The van der Waals surface area contributed by atoms with Crippen LogP contribution in [0.3, 0.4) is 0 Å². The number of hydrogen-bond acceptors (Lipinski definition) is 3. The van der Waals surface area contributed by atoms with E-state index in [1.807, 2.05) is 11.8 Å². The third-order valence-electron chi connectivity index (χ3n) is 3.88. The van der Waals surface area contributed by atoms with Crippen molar-refractivity contribution in [2.75, 3.05) is 25.9 Å². The predicted molar refractivity (Wildman–Crippen MR) is 69.5 cm³/mol. The van der Waals surface area contributed by atoms with Gasteiger partial charge in [0.2, 0.25) is 15.9 Å². The van der Waals surface area contributed by atoms with Crippen LogP contribution in [-0.2, 0) is 14.8 Å².